The van der Waals surface area contributed by atoms with Gasteiger partial charge in [-0.25, -0.2) is 0 Å². The number of benzene rings is 1. The van der Waals surface area contributed by atoms with Gasteiger partial charge in [0.2, 0.25) is 0 Å². The smallest absolute Gasteiger partial charge is 0.0716 e. The summed E-state index contributed by atoms with van der Waals surface area (Å²) in [5.41, 5.74) is 0.815. The minimum Gasteiger partial charge on any atom is -0.396 e. The maximum absolute atomic E-state index is 10.6. The Balaban J connectivity index is 1.53. The van der Waals surface area contributed by atoms with Crippen molar-refractivity contribution in [3.63, 3.8) is 0 Å². The number of aliphatic hydroxyl groups is 2. The molecule has 2 aliphatic carbocycles. The van der Waals surface area contributed by atoms with Gasteiger partial charge in [-0.2, -0.15) is 0 Å². The molecule has 3 heteroatoms. The lowest BCUT2D eigenvalue weighted by Gasteiger charge is -2.36. The molecule has 0 amide bonds. The molecule has 4 unspecified atom stereocenters. The molecule has 2 bridgehead atoms. The number of rotatable bonds is 7. The number of fused-ring (bicyclic) bond motifs is 2. The molecule has 3 nitrogen and oxygen atoms in total. The lowest BCUT2D eigenvalue weighted by molar-refractivity contribution is 0.0322. The standard InChI is InChI=1S/C20H28O3/c1-19(2)17-10-9-16(18(19)22)20(17,14-21)11-6-12-23-13-15-7-4-3-5-8-15/h3-5,7-10,16-18,21-22H,6,11-14H2,1-2H3. The average Bonchev–Trinajstić information content (AvgIpc) is 3.00. The van der Waals surface area contributed by atoms with Crippen molar-refractivity contribution >= 4 is 0 Å². The minimum absolute atomic E-state index is 0.0709. The van der Waals surface area contributed by atoms with Gasteiger partial charge in [0.1, 0.15) is 0 Å². The summed E-state index contributed by atoms with van der Waals surface area (Å²) < 4.78 is 5.77. The Morgan fingerprint density at radius 2 is 1.87 bits per heavy atom. The van der Waals surface area contributed by atoms with E-state index >= 15 is 0 Å². The van der Waals surface area contributed by atoms with Crippen molar-refractivity contribution in [2.45, 2.75) is 39.4 Å². The van der Waals surface area contributed by atoms with Crippen molar-refractivity contribution in [1.82, 2.24) is 0 Å². The molecule has 0 saturated heterocycles. The van der Waals surface area contributed by atoms with Crippen LogP contribution in [0.5, 0.6) is 0 Å². The number of aliphatic hydroxyl groups excluding tert-OH is 2. The molecular weight excluding hydrogens is 288 g/mol. The number of ether oxygens (including phenoxy) is 1. The number of hydrogen-bond donors (Lipinski definition) is 2. The van der Waals surface area contributed by atoms with Gasteiger partial charge in [-0.1, -0.05) is 56.3 Å². The van der Waals surface area contributed by atoms with E-state index in [-0.39, 0.29) is 35.4 Å². The van der Waals surface area contributed by atoms with Crippen LogP contribution in [0.25, 0.3) is 0 Å². The summed E-state index contributed by atoms with van der Waals surface area (Å²) in [6.07, 6.45) is 5.75. The fourth-order valence-electron chi connectivity index (χ4n) is 4.75. The Kier molecular flexibility index (Phi) is 4.63. The van der Waals surface area contributed by atoms with Gasteiger partial charge in [-0.05, 0) is 29.7 Å². The quantitative estimate of drug-likeness (QED) is 0.600. The Morgan fingerprint density at radius 3 is 2.48 bits per heavy atom. The van der Waals surface area contributed by atoms with Gasteiger partial charge in [0, 0.05) is 24.5 Å². The van der Waals surface area contributed by atoms with Gasteiger partial charge < -0.3 is 14.9 Å². The van der Waals surface area contributed by atoms with Crippen molar-refractivity contribution in [3.05, 3.63) is 48.0 Å². The Labute approximate surface area is 139 Å². The predicted molar refractivity (Wildman–Crippen MR) is 90.8 cm³/mol. The van der Waals surface area contributed by atoms with E-state index in [1.165, 1.54) is 5.56 Å². The topological polar surface area (TPSA) is 49.7 Å². The molecule has 2 aliphatic rings. The van der Waals surface area contributed by atoms with Crippen molar-refractivity contribution in [3.8, 4) is 0 Å². The second-order valence-electron chi connectivity index (χ2n) is 7.69. The summed E-state index contributed by atoms with van der Waals surface area (Å²) in [5, 5.41) is 20.7. The summed E-state index contributed by atoms with van der Waals surface area (Å²) in [6, 6.07) is 10.2. The predicted octanol–water partition coefficient (Wildman–Crippen LogP) is 3.17. The number of hydrogen-bond acceptors (Lipinski definition) is 3. The van der Waals surface area contributed by atoms with Crippen molar-refractivity contribution in [2.75, 3.05) is 13.2 Å². The van der Waals surface area contributed by atoms with E-state index in [4.69, 9.17) is 4.74 Å². The van der Waals surface area contributed by atoms with Crippen LogP contribution in [0, 0.1) is 22.7 Å². The Morgan fingerprint density at radius 1 is 1.13 bits per heavy atom. The molecule has 3 rings (SSSR count). The molecule has 0 aromatic heterocycles. The van der Waals surface area contributed by atoms with Crippen LogP contribution in [0.4, 0.5) is 0 Å². The highest BCUT2D eigenvalue weighted by Gasteiger charge is 2.63. The molecule has 1 saturated carbocycles. The van der Waals surface area contributed by atoms with Gasteiger partial charge in [-0.3, -0.25) is 0 Å². The van der Waals surface area contributed by atoms with Gasteiger partial charge in [0.25, 0.3) is 0 Å². The summed E-state index contributed by atoms with van der Waals surface area (Å²) in [7, 11) is 0. The van der Waals surface area contributed by atoms with Crippen molar-refractivity contribution in [1.29, 1.82) is 0 Å². The van der Waals surface area contributed by atoms with Gasteiger partial charge in [-0.15, -0.1) is 0 Å². The number of allylic oxidation sites excluding steroid dienone is 1. The van der Waals surface area contributed by atoms with E-state index in [9.17, 15) is 10.2 Å². The third-order valence-electron chi connectivity index (χ3n) is 6.03. The molecule has 0 spiro atoms. The lowest BCUT2D eigenvalue weighted by atomic mass is 9.69. The first-order valence-corrected chi connectivity index (χ1v) is 8.61. The zero-order valence-electron chi connectivity index (χ0n) is 14.1. The maximum Gasteiger partial charge on any atom is 0.0716 e. The van der Waals surface area contributed by atoms with E-state index in [1.54, 1.807) is 0 Å². The molecule has 126 valence electrons. The third kappa shape index (κ3) is 2.75. The summed E-state index contributed by atoms with van der Waals surface area (Å²) in [4.78, 5) is 0. The first-order valence-electron chi connectivity index (χ1n) is 8.61. The van der Waals surface area contributed by atoms with Crippen LogP contribution in [0.1, 0.15) is 32.3 Å². The molecule has 0 heterocycles. The van der Waals surface area contributed by atoms with Crippen LogP contribution >= 0.6 is 0 Å². The lowest BCUT2D eigenvalue weighted by Crippen LogP contribution is -2.34. The zero-order valence-corrected chi connectivity index (χ0v) is 14.1. The molecule has 1 fully saturated rings. The van der Waals surface area contributed by atoms with E-state index in [0.29, 0.717) is 13.2 Å². The fourth-order valence-corrected chi connectivity index (χ4v) is 4.75. The third-order valence-corrected chi connectivity index (χ3v) is 6.03. The molecule has 4 atom stereocenters. The molecule has 0 aliphatic heterocycles. The van der Waals surface area contributed by atoms with Crippen molar-refractivity contribution < 1.29 is 14.9 Å². The Bertz CT molecular complexity index is 551. The highest BCUT2D eigenvalue weighted by atomic mass is 16.5. The van der Waals surface area contributed by atoms with Crippen LogP contribution in [0.2, 0.25) is 0 Å². The highest BCUT2D eigenvalue weighted by molar-refractivity contribution is 5.27. The largest absolute Gasteiger partial charge is 0.396 e. The average molecular weight is 316 g/mol. The second-order valence-corrected chi connectivity index (χ2v) is 7.69. The van der Waals surface area contributed by atoms with E-state index in [1.807, 2.05) is 18.2 Å². The molecular formula is C20H28O3. The normalized spacial score (nSPS) is 34.2. The molecule has 2 N–H and O–H groups in total. The van der Waals surface area contributed by atoms with Crippen LogP contribution in [0.3, 0.4) is 0 Å². The highest BCUT2D eigenvalue weighted by Crippen LogP contribution is 2.63. The maximum atomic E-state index is 10.6. The van der Waals surface area contributed by atoms with Crippen LogP contribution in [0.15, 0.2) is 42.5 Å². The minimum atomic E-state index is -0.366. The van der Waals surface area contributed by atoms with Crippen molar-refractivity contribution in [2.24, 2.45) is 22.7 Å². The zero-order chi connectivity index (χ0) is 16.5. The molecule has 1 aromatic carbocycles. The van der Waals surface area contributed by atoms with Crippen LogP contribution in [-0.2, 0) is 11.3 Å². The van der Waals surface area contributed by atoms with E-state index < -0.39 is 0 Å². The molecule has 23 heavy (non-hydrogen) atoms. The molecule has 1 aromatic rings. The van der Waals surface area contributed by atoms with Crippen LogP contribution in [-0.4, -0.2) is 29.5 Å². The van der Waals surface area contributed by atoms with E-state index in [0.717, 1.165) is 12.8 Å². The van der Waals surface area contributed by atoms with Gasteiger partial charge >= 0.3 is 0 Å². The van der Waals surface area contributed by atoms with Gasteiger partial charge in [0.15, 0.2) is 0 Å². The summed E-state index contributed by atoms with van der Waals surface area (Å²) in [6.45, 7) is 5.68. The monoisotopic (exact) mass is 316 g/mol. The van der Waals surface area contributed by atoms with Gasteiger partial charge in [0.05, 0.1) is 12.7 Å². The summed E-state index contributed by atoms with van der Waals surface area (Å²) >= 11 is 0. The fraction of sp³-hybridized carbons (Fsp3) is 0.600. The second kappa shape index (κ2) is 6.39. The Hall–Kier alpha value is -1.16. The first-order chi connectivity index (χ1) is 11.0. The molecule has 0 radical (unpaired) electrons. The first kappa shape index (κ1) is 16.7. The summed E-state index contributed by atoms with van der Waals surface area (Å²) in [5.74, 6) is 0.316. The van der Waals surface area contributed by atoms with E-state index in [2.05, 4.69) is 38.1 Å². The SMILES string of the molecule is CC1(C)C(O)C2C=CC1C2(CO)CCCOCc1ccccc1. The van der Waals surface area contributed by atoms with Crippen LogP contribution < -0.4 is 0 Å².